The first-order valence-electron chi connectivity index (χ1n) is 7.90. The highest BCUT2D eigenvalue weighted by molar-refractivity contribution is 7.83. The minimum Gasteiger partial charge on any atom is -0.425 e. The van der Waals surface area contributed by atoms with Crippen molar-refractivity contribution in [3.63, 3.8) is 0 Å². The van der Waals surface area contributed by atoms with E-state index in [0.717, 1.165) is 0 Å². The summed E-state index contributed by atoms with van der Waals surface area (Å²) >= 11 is 1.24. The summed E-state index contributed by atoms with van der Waals surface area (Å²) in [4.78, 5) is 28.8. The molecule has 0 aliphatic rings. The fourth-order valence-corrected chi connectivity index (χ4v) is 3.37. The largest absolute Gasteiger partial charge is 0.425 e. The number of aromatic nitrogens is 1. The number of hydrogen-bond donors (Lipinski definition) is 2. The van der Waals surface area contributed by atoms with Crippen molar-refractivity contribution in [3.8, 4) is 5.75 Å². The van der Waals surface area contributed by atoms with Gasteiger partial charge in [0.15, 0.2) is 5.13 Å². The van der Waals surface area contributed by atoms with Crippen molar-refractivity contribution in [3.05, 3.63) is 40.9 Å². The molecule has 0 radical (unpaired) electrons. The molecule has 1 heterocycles. The zero-order chi connectivity index (χ0) is 19.3. The summed E-state index contributed by atoms with van der Waals surface area (Å²) in [6.07, 6.45) is 1.59. The van der Waals surface area contributed by atoms with Gasteiger partial charge in [-0.1, -0.05) is 26.0 Å². The Morgan fingerprint density at radius 1 is 1.35 bits per heavy atom. The monoisotopic (exact) mass is 395 g/mol. The fourth-order valence-electron chi connectivity index (χ4n) is 2.00. The van der Waals surface area contributed by atoms with Crippen LogP contribution in [0.15, 0.2) is 29.6 Å². The average molecular weight is 396 g/mol. The number of anilines is 1. The number of carbonyl (C=O) groups is 2. The Morgan fingerprint density at radius 2 is 2.04 bits per heavy atom. The van der Waals surface area contributed by atoms with E-state index >= 15 is 0 Å². The van der Waals surface area contributed by atoms with Gasteiger partial charge in [0, 0.05) is 22.4 Å². The molecule has 0 bridgehead atoms. The Labute approximate surface area is 158 Å². The van der Waals surface area contributed by atoms with E-state index in [2.05, 4.69) is 10.3 Å². The predicted octanol–water partition coefficient (Wildman–Crippen LogP) is 2.16. The van der Waals surface area contributed by atoms with Crippen LogP contribution in [0.3, 0.4) is 0 Å². The molecule has 0 fully saturated rings. The lowest BCUT2D eigenvalue weighted by Gasteiger charge is -2.15. The zero-order valence-electron chi connectivity index (χ0n) is 14.7. The summed E-state index contributed by atoms with van der Waals surface area (Å²) in [5.41, 5.74) is 6.64. The molecule has 7 nitrogen and oxygen atoms in total. The number of para-hydroxylation sites is 1. The van der Waals surface area contributed by atoms with Gasteiger partial charge in [-0.05, 0) is 18.1 Å². The maximum Gasteiger partial charge on any atom is 0.328 e. The van der Waals surface area contributed by atoms with E-state index in [9.17, 15) is 13.8 Å². The van der Waals surface area contributed by atoms with Crippen LogP contribution in [0.25, 0.3) is 0 Å². The molecule has 0 spiro atoms. The van der Waals surface area contributed by atoms with Crippen LogP contribution >= 0.6 is 11.3 Å². The van der Waals surface area contributed by atoms with Gasteiger partial charge in [-0.3, -0.25) is 14.3 Å². The molecule has 140 valence electrons. The summed E-state index contributed by atoms with van der Waals surface area (Å²) in [5, 5.41) is 4.79. The van der Waals surface area contributed by atoms with E-state index in [4.69, 9.17) is 10.5 Å². The number of benzene rings is 1. The van der Waals surface area contributed by atoms with Crippen LogP contribution in [-0.2, 0) is 21.3 Å². The number of nitrogens with zero attached hydrogens (tertiary/aromatic N) is 1. The molecule has 0 saturated heterocycles. The highest BCUT2D eigenvalue weighted by atomic mass is 32.2. The minimum atomic E-state index is -1.01. The topological polar surface area (TPSA) is 111 Å². The molecular weight excluding hydrogens is 374 g/mol. The number of nitrogens with one attached hydrogen (secondary N) is 1. The van der Waals surface area contributed by atoms with Crippen molar-refractivity contribution in [2.45, 2.75) is 25.6 Å². The van der Waals surface area contributed by atoms with Gasteiger partial charge in [-0.25, -0.2) is 9.78 Å². The normalized spacial score (nSPS) is 13.3. The maximum absolute atomic E-state index is 12.5. The predicted molar refractivity (Wildman–Crippen MR) is 103 cm³/mol. The molecule has 1 aromatic carbocycles. The lowest BCUT2D eigenvalue weighted by molar-refractivity contribution is -0.136. The number of carbonyl (C=O) groups excluding carboxylic acids is 2. The molecule has 0 saturated carbocycles. The second-order valence-corrected chi connectivity index (χ2v) is 8.30. The molecule has 1 unspecified atom stereocenters. The van der Waals surface area contributed by atoms with Crippen molar-refractivity contribution in [1.29, 1.82) is 0 Å². The lowest BCUT2D eigenvalue weighted by atomic mass is 10.1. The standard InChI is InChI=1S/C17H21N3O4S2/c1-10(2)14(18)16(22)24-13-7-5-4-6-12(13)15(21)20-17-19-11(8-25-17)9-26(3)23/h4-8,10,14H,9,18H2,1-3H3,(H,19,20,21)/t14-,26?/m0/s1. The minimum absolute atomic E-state index is 0.0821. The second kappa shape index (κ2) is 9.02. The molecule has 2 aromatic rings. The summed E-state index contributed by atoms with van der Waals surface area (Å²) in [6.45, 7) is 3.63. The van der Waals surface area contributed by atoms with Crippen molar-refractivity contribution < 1.29 is 18.5 Å². The third kappa shape index (κ3) is 5.45. The smallest absolute Gasteiger partial charge is 0.328 e. The molecule has 3 N–H and O–H groups in total. The Hall–Kier alpha value is -2.10. The highest BCUT2D eigenvalue weighted by Crippen LogP contribution is 2.22. The molecule has 1 aromatic heterocycles. The Kier molecular flexibility index (Phi) is 7.01. The number of thiazole rings is 1. The first-order valence-corrected chi connectivity index (χ1v) is 10.5. The number of rotatable bonds is 7. The third-order valence-electron chi connectivity index (χ3n) is 3.46. The number of ether oxygens (including phenoxy) is 1. The van der Waals surface area contributed by atoms with Gasteiger partial charge in [0.05, 0.1) is 17.0 Å². The van der Waals surface area contributed by atoms with Crippen molar-refractivity contribution in [2.75, 3.05) is 11.6 Å². The van der Waals surface area contributed by atoms with Crippen molar-refractivity contribution in [1.82, 2.24) is 4.98 Å². The molecule has 26 heavy (non-hydrogen) atoms. The molecule has 1 amide bonds. The summed E-state index contributed by atoms with van der Waals surface area (Å²) < 4.78 is 16.5. The van der Waals surface area contributed by atoms with Gasteiger partial charge in [-0.2, -0.15) is 0 Å². The molecule has 0 aliphatic carbocycles. The van der Waals surface area contributed by atoms with Crippen LogP contribution in [0.5, 0.6) is 5.75 Å². The summed E-state index contributed by atoms with van der Waals surface area (Å²) in [6, 6.07) is 5.64. The van der Waals surface area contributed by atoms with E-state index in [-0.39, 0.29) is 17.2 Å². The third-order valence-corrected chi connectivity index (χ3v) is 4.96. The van der Waals surface area contributed by atoms with Gasteiger partial charge in [-0.15, -0.1) is 11.3 Å². The Balaban J connectivity index is 2.13. The van der Waals surface area contributed by atoms with Crippen LogP contribution < -0.4 is 15.8 Å². The van der Waals surface area contributed by atoms with E-state index in [1.54, 1.807) is 29.8 Å². The van der Waals surface area contributed by atoms with Gasteiger partial charge >= 0.3 is 5.97 Å². The molecule has 2 atom stereocenters. The Morgan fingerprint density at radius 3 is 2.69 bits per heavy atom. The van der Waals surface area contributed by atoms with Crippen LogP contribution in [0.1, 0.15) is 29.9 Å². The van der Waals surface area contributed by atoms with Crippen LogP contribution in [-0.4, -0.2) is 33.4 Å². The second-order valence-electron chi connectivity index (χ2n) is 6.00. The molecule has 0 aliphatic heterocycles. The molecular formula is C17H21N3O4S2. The fraction of sp³-hybridized carbons (Fsp3) is 0.353. The highest BCUT2D eigenvalue weighted by Gasteiger charge is 2.22. The summed E-state index contributed by atoms with van der Waals surface area (Å²) in [7, 11) is -1.01. The van der Waals surface area contributed by atoms with Crippen LogP contribution in [0.2, 0.25) is 0 Å². The van der Waals surface area contributed by atoms with Gasteiger partial charge in [0.2, 0.25) is 0 Å². The summed E-state index contributed by atoms with van der Waals surface area (Å²) in [5.74, 6) is -0.667. The van der Waals surface area contributed by atoms with Gasteiger partial charge < -0.3 is 10.5 Å². The number of nitrogens with two attached hydrogens (primary N) is 1. The number of hydrogen-bond acceptors (Lipinski definition) is 7. The molecule has 2 rings (SSSR count). The first kappa shape index (κ1) is 20.2. The number of amides is 1. The lowest BCUT2D eigenvalue weighted by Crippen LogP contribution is -2.38. The van der Waals surface area contributed by atoms with Gasteiger partial charge in [0.1, 0.15) is 11.8 Å². The van der Waals surface area contributed by atoms with Gasteiger partial charge in [0.25, 0.3) is 5.91 Å². The average Bonchev–Trinajstić information content (AvgIpc) is 3.00. The van der Waals surface area contributed by atoms with Crippen molar-refractivity contribution >= 4 is 39.1 Å². The number of esters is 1. The van der Waals surface area contributed by atoms with E-state index in [1.165, 1.54) is 17.4 Å². The zero-order valence-corrected chi connectivity index (χ0v) is 16.4. The SMILES string of the molecule is CC(C)[C@H](N)C(=O)Oc1ccccc1C(=O)Nc1nc(CS(C)=O)cs1. The van der Waals surface area contributed by atoms with Crippen LogP contribution in [0, 0.1) is 5.92 Å². The van der Waals surface area contributed by atoms with Crippen molar-refractivity contribution in [2.24, 2.45) is 11.7 Å². The van der Waals surface area contributed by atoms with E-state index in [0.29, 0.717) is 16.6 Å². The molecule has 9 heteroatoms. The van der Waals surface area contributed by atoms with Crippen LogP contribution in [0.4, 0.5) is 5.13 Å². The van der Waals surface area contributed by atoms with E-state index in [1.807, 2.05) is 13.8 Å². The first-order chi connectivity index (χ1) is 12.3. The Bertz CT molecular complexity index is 820. The maximum atomic E-state index is 12.5. The quantitative estimate of drug-likeness (QED) is 0.549. The van der Waals surface area contributed by atoms with E-state index < -0.39 is 28.7 Å².